The molecule has 6 nitrogen and oxygen atoms in total. The molecule has 0 aliphatic heterocycles. The van der Waals surface area contributed by atoms with Crippen LogP contribution in [0.3, 0.4) is 0 Å². The molecule has 0 amide bonds. The number of nitrogen functional groups attached to an aromatic ring is 1. The van der Waals surface area contributed by atoms with Gasteiger partial charge in [0.25, 0.3) is 0 Å². The Labute approximate surface area is 76.2 Å². The number of aromatic nitrogens is 2. The van der Waals surface area contributed by atoms with Crippen molar-refractivity contribution < 1.29 is 22.4 Å². The summed E-state index contributed by atoms with van der Waals surface area (Å²) in [5.41, 5.74) is 2.04. The number of nitrogens with zero attached hydrogens (tertiary/aromatic N) is 2. The van der Waals surface area contributed by atoms with Gasteiger partial charge in [0.2, 0.25) is 0 Å². The van der Waals surface area contributed by atoms with Gasteiger partial charge in [-0.2, -0.15) is 18.2 Å². The molecule has 3 N–H and O–H groups in total. The quantitative estimate of drug-likeness (QED) is 0.556. The van der Waals surface area contributed by atoms with E-state index in [1.165, 1.54) is 0 Å². The maximum Gasteiger partial charge on any atom is 0.411 e. The van der Waals surface area contributed by atoms with E-state index >= 15 is 0 Å². The molecule has 0 spiro atoms. The van der Waals surface area contributed by atoms with Crippen molar-refractivity contribution in [2.75, 3.05) is 12.0 Å². The van der Waals surface area contributed by atoms with Crippen molar-refractivity contribution in [3.63, 3.8) is 0 Å². The van der Waals surface area contributed by atoms with Crippen molar-refractivity contribution in [1.29, 1.82) is 0 Å². The lowest BCUT2D eigenvalue weighted by Crippen LogP contribution is -2.17. The fourth-order valence-corrected chi connectivity index (χ4v) is 0.629. The Kier molecular flexibility index (Phi) is 3.25. The topological polar surface area (TPSA) is 86.2 Å². The molecule has 0 aliphatic rings. The lowest BCUT2D eigenvalue weighted by molar-refractivity contribution is -0.177. The van der Waals surface area contributed by atoms with Gasteiger partial charge in [0.1, 0.15) is 13.2 Å². The molecular weight excluding hydrogens is 205 g/mol. The molecule has 0 saturated heterocycles. The number of anilines is 1. The maximum absolute atomic E-state index is 11.6. The summed E-state index contributed by atoms with van der Waals surface area (Å²) in [5, 5.41) is 3.29. The van der Waals surface area contributed by atoms with Crippen LogP contribution in [0.4, 0.5) is 19.2 Å². The Balaban J connectivity index is 2.31. The zero-order chi connectivity index (χ0) is 10.6. The average molecular weight is 212 g/mol. The number of rotatable bonds is 4. The molecule has 1 aromatic rings. The van der Waals surface area contributed by atoms with Gasteiger partial charge in [0, 0.05) is 0 Å². The zero-order valence-electron chi connectivity index (χ0n) is 6.84. The summed E-state index contributed by atoms with van der Waals surface area (Å²) in [5.74, 6) is 4.88. The van der Waals surface area contributed by atoms with Gasteiger partial charge in [-0.15, -0.1) is 0 Å². The van der Waals surface area contributed by atoms with Crippen molar-refractivity contribution in [3.05, 3.63) is 5.82 Å². The number of hydrogen-bond acceptors (Lipinski definition) is 6. The van der Waals surface area contributed by atoms with Crippen LogP contribution in [-0.4, -0.2) is 22.9 Å². The molecule has 0 unspecified atom stereocenters. The summed E-state index contributed by atoms with van der Waals surface area (Å²) in [6, 6.07) is -0.0874. The van der Waals surface area contributed by atoms with Crippen LogP contribution < -0.4 is 11.3 Å². The van der Waals surface area contributed by atoms with E-state index in [9.17, 15) is 13.2 Å². The fourth-order valence-electron chi connectivity index (χ4n) is 0.629. The average Bonchev–Trinajstić information content (AvgIpc) is 2.50. The molecular formula is C5H7F3N4O2. The first kappa shape index (κ1) is 10.7. The highest BCUT2D eigenvalue weighted by atomic mass is 19.4. The van der Waals surface area contributed by atoms with Crippen LogP contribution in [-0.2, 0) is 11.3 Å². The molecule has 0 saturated carbocycles. The largest absolute Gasteiger partial charge is 0.411 e. The zero-order valence-corrected chi connectivity index (χ0v) is 6.84. The molecule has 0 fully saturated rings. The van der Waals surface area contributed by atoms with Gasteiger partial charge in [-0.3, -0.25) is 5.43 Å². The van der Waals surface area contributed by atoms with E-state index < -0.39 is 12.8 Å². The lowest BCUT2D eigenvalue weighted by atomic mass is 10.6. The first-order chi connectivity index (χ1) is 6.51. The molecule has 1 rings (SSSR count). The molecule has 0 bridgehead atoms. The van der Waals surface area contributed by atoms with Crippen molar-refractivity contribution in [3.8, 4) is 0 Å². The molecule has 0 aromatic carbocycles. The number of nitrogens with one attached hydrogen (secondary N) is 1. The number of alkyl halides is 3. The van der Waals surface area contributed by atoms with E-state index in [4.69, 9.17) is 5.84 Å². The Morgan fingerprint density at radius 1 is 1.50 bits per heavy atom. The summed E-state index contributed by atoms with van der Waals surface area (Å²) in [4.78, 5) is 3.54. The molecule has 0 atom stereocenters. The van der Waals surface area contributed by atoms with Crippen molar-refractivity contribution in [2.45, 2.75) is 12.8 Å². The number of nitrogens with two attached hydrogens (primary N) is 1. The molecule has 0 aliphatic carbocycles. The standard InChI is InChI=1S/C5H7F3N4O2/c6-5(7,8)2-13-1-3-10-4(11-9)14-12-3/h1-2,9H2,(H,10,11,12). The van der Waals surface area contributed by atoms with Gasteiger partial charge in [-0.05, 0) is 0 Å². The van der Waals surface area contributed by atoms with Crippen LogP contribution in [0.25, 0.3) is 0 Å². The van der Waals surface area contributed by atoms with Crippen LogP contribution in [0.5, 0.6) is 0 Å². The van der Waals surface area contributed by atoms with E-state index in [1.807, 2.05) is 5.43 Å². The number of ether oxygens (including phenoxy) is 1. The van der Waals surface area contributed by atoms with Gasteiger partial charge in [0.05, 0.1) is 0 Å². The minimum Gasteiger partial charge on any atom is -0.364 e. The SMILES string of the molecule is NNc1nc(COCC(F)(F)F)no1. The highest BCUT2D eigenvalue weighted by molar-refractivity contribution is 5.14. The van der Waals surface area contributed by atoms with Crippen molar-refractivity contribution in [2.24, 2.45) is 5.84 Å². The Morgan fingerprint density at radius 2 is 2.21 bits per heavy atom. The Hall–Kier alpha value is -1.35. The molecule has 80 valence electrons. The normalized spacial score (nSPS) is 11.7. The summed E-state index contributed by atoms with van der Waals surface area (Å²) >= 11 is 0. The van der Waals surface area contributed by atoms with E-state index in [1.54, 1.807) is 0 Å². The fraction of sp³-hybridized carbons (Fsp3) is 0.600. The van der Waals surface area contributed by atoms with Crippen LogP contribution in [0.15, 0.2) is 4.52 Å². The number of hydrogen-bond donors (Lipinski definition) is 2. The predicted molar refractivity (Wildman–Crippen MR) is 37.8 cm³/mol. The van der Waals surface area contributed by atoms with Crippen LogP contribution in [0, 0.1) is 0 Å². The maximum atomic E-state index is 11.6. The summed E-state index contributed by atoms with van der Waals surface area (Å²) in [7, 11) is 0. The predicted octanol–water partition coefficient (Wildman–Crippen LogP) is 0.434. The van der Waals surface area contributed by atoms with Gasteiger partial charge >= 0.3 is 12.2 Å². The van der Waals surface area contributed by atoms with Gasteiger partial charge in [-0.25, -0.2) is 5.84 Å². The molecule has 0 radical (unpaired) electrons. The van der Waals surface area contributed by atoms with Crippen LogP contribution >= 0.6 is 0 Å². The van der Waals surface area contributed by atoms with Crippen LogP contribution in [0.1, 0.15) is 5.82 Å². The van der Waals surface area contributed by atoms with E-state index in [0.29, 0.717) is 0 Å². The minimum atomic E-state index is -4.36. The molecule has 1 aromatic heterocycles. The van der Waals surface area contributed by atoms with Gasteiger partial charge < -0.3 is 9.26 Å². The second-order valence-electron chi connectivity index (χ2n) is 2.27. The Morgan fingerprint density at radius 3 is 2.71 bits per heavy atom. The monoisotopic (exact) mass is 212 g/mol. The summed E-state index contributed by atoms with van der Waals surface area (Å²) in [6.07, 6.45) is -4.36. The van der Waals surface area contributed by atoms with Gasteiger partial charge in [0.15, 0.2) is 5.82 Å². The summed E-state index contributed by atoms with van der Waals surface area (Å²) in [6.45, 7) is -1.74. The number of halogens is 3. The third kappa shape index (κ3) is 3.58. The van der Waals surface area contributed by atoms with E-state index in [-0.39, 0.29) is 18.4 Å². The highest BCUT2D eigenvalue weighted by Crippen LogP contribution is 2.15. The Bertz CT molecular complexity index is 287. The molecule has 9 heteroatoms. The molecule has 1 heterocycles. The first-order valence-electron chi connectivity index (χ1n) is 3.45. The summed E-state index contributed by atoms with van der Waals surface area (Å²) < 4.78 is 43.5. The van der Waals surface area contributed by atoms with Gasteiger partial charge in [-0.1, -0.05) is 5.16 Å². The number of hydrazine groups is 1. The van der Waals surface area contributed by atoms with Crippen molar-refractivity contribution in [1.82, 2.24) is 10.1 Å². The first-order valence-corrected chi connectivity index (χ1v) is 3.45. The third-order valence-corrected chi connectivity index (χ3v) is 1.09. The van der Waals surface area contributed by atoms with Crippen molar-refractivity contribution >= 4 is 6.01 Å². The lowest BCUT2D eigenvalue weighted by Gasteiger charge is -2.04. The highest BCUT2D eigenvalue weighted by Gasteiger charge is 2.27. The molecule has 14 heavy (non-hydrogen) atoms. The third-order valence-electron chi connectivity index (χ3n) is 1.09. The smallest absolute Gasteiger partial charge is 0.364 e. The van der Waals surface area contributed by atoms with E-state index in [0.717, 1.165) is 0 Å². The second-order valence-corrected chi connectivity index (χ2v) is 2.27. The second kappa shape index (κ2) is 4.24. The van der Waals surface area contributed by atoms with Crippen LogP contribution in [0.2, 0.25) is 0 Å². The minimum absolute atomic E-state index is 0.0119. The van der Waals surface area contributed by atoms with E-state index in [2.05, 4.69) is 19.4 Å².